The largest absolute Gasteiger partial charge is 0.327 e. The Morgan fingerprint density at radius 1 is 1.11 bits per heavy atom. The SMILES string of the molecule is NC1CCCCCCC1Sc1ccc([N+](=O)[O-])cc1. The molecule has 1 saturated carbocycles. The number of thioether (sulfide) groups is 1. The molecule has 0 spiro atoms. The summed E-state index contributed by atoms with van der Waals surface area (Å²) < 4.78 is 0. The number of nitro groups is 1. The minimum atomic E-state index is -0.365. The molecule has 1 aromatic carbocycles. The molecule has 0 bridgehead atoms. The van der Waals surface area contributed by atoms with Gasteiger partial charge in [0, 0.05) is 28.3 Å². The van der Waals surface area contributed by atoms with Crippen LogP contribution in [0.1, 0.15) is 38.5 Å². The molecule has 0 amide bonds. The van der Waals surface area contributed by atoms with Gasteiger partial charge in [0.15, 0.2) is 0 Å². The van der Waals surface area contributed by atoms with Crippen LogP contribution in [0.5, 0.6) is 0 Å². The maximum absolute atomic E-state index is 10.6. The molecule has 0 saturated heterocycles. The number of nitrogens with zero attached hydrogens (tertiary/aromatic N) is 1. The summed E-state index contributed by atoms with van der Waals surface area (Å²) in [4.78, 5) is 11.3. The quantitative estimate of drug-likeness (QED) is 0.676. The van der Waals surface area contributed by atoms with Gasteiger partial charge in [-0.2, -0.15) is 0 Å². The number of nitro benzene ring substituents is 1. The fraction of sp³-hybridized carbons (Fsp3) is 0.571. The molecule has 0 radical (unpaired) electrons. The lowest BCUT2D eigenvalue weighted by Crippen LogP contribution is -2.33. The van der Waals surface area contributed by atoms with Crippen molar-refractivity contribution in [1.29, 1.82) is 0 Å². The van der Waals surface area contributed by atoms with Crippen molar-refractivity contribution in [1.82, 2.24) is 0 Å². The molecule has 0 heterocycles. The number of nitrogens with two attached hydrogens (primary N) is 1. The summed E-state index contributed by atoms with van der Waals surface area (Å²) in [6.45, 7) is 0. The highest BCUT2D eigenvalue weighted by Gasteiger charge is 2.20. The van der Waals surface area contributed by atoms with E-state index in [1.807, 2.05) is 12.1 Å². The third-order valence-corrected chi connectivity index (χ3v) is 5.02. The van der Waals surface area contributed by atoms with E-state index in [4.69, 9.17) is 5.73 Å². The van der Waals surface area contributed by atoms with Crippen molar-refractivity contribution in [2.45, 2.75) is 54.7 Å². The van der Waals surface area contributed by atoms with Gasteiger partial charge >= 0.3 is 0 Å². The first-order chi connectivity index (χ1) is 9.16. The first-order valence-electron chi connectivity index (χ1n) is 6.83. The molecule has 1 aliphatic carbocycles. The summed E-state index contributed by atoms with van der Waals surface area (Å²) in [5, 5.41) is 11.0. The van der Waals surface area contributed by atoms with Crippen molar-refractivity contribution in [3.63, 3.8) is 0 Å². The highest BCUT2D eigenvalue weighted by atomic mass is 32.2. The minimum Gasteiger partial charge on any atom is -0.327 e. The fourth-order valence-electron chi connectivity index (χ4n) is 2.45. The molecule has 2 rings (SSSR count). The van der Waals surface area contributed by atoms with Crippen molar-refractivity contribution < 1.29 is 4.92 Å². The molecule has 5 heteroatoms. The van der Waals surface area contributed by atoms with E-state index in [-0.39, 0.29) is 16.7 Å². The lowest BCUT2D eigenvalue weighted by atomic mass is 9.97. The summed E-state index contributed by atoms with van der Waals surface area (Å²) in [7, 11) is 0. The summed E-state index contributed by atoms with van der Waals surface area (Å²) in [5.41, 5.74) is 6.39. The third kappa shape index (κ3) is 4.21. The Labute approximate surface area is 117 Å². The summed E-state index contributed by atoms with van der Waals surface area (Å²) >= 11 is 1.77. The van der Waals surface area contributed by atoms with Gasteiger partial charge in [-0.25, -0.2) is 0 Å². The Hall–Kier alpha value is -1.07. The van der Waals surface area contributed by atoms with Crippen LogP contribution in [0.25, 0.3) is 0 Å². The van der Waals surface area contributed by atoms with Gasteiger partial charge in [-0.1, -0.05) is 25.7 Å². The van der Waals surface area contributed by atoms with E-state index in [2.05, 4.69) is 0 Å². The van der Waals surface area contributed by atoms with E-state index >= 15 is 0 Å². The number of hydrogen-bond donors (Lipinski definition) is 1. The van der Waals surface area contributed by atoms with Crippen molar-refractivity contribution in [2.75, 3.05) is 0 Å². The van der Waals surface area contributed by atoms with Crippen LogP contribution in [0.3, 0.4) is 0 Å². The van der Waals surface area contributed by atoms with Crippen LogP contribution in [0, 0.1) is 10.1 Å². The molecule has 0 aromatic heterocycles. The maximum atomic E-state index is 10.6. The highest BCUT2D eigenvalue weighted by molar-refractivity contribution is 8.00. The van der Waals surface area contributed by atoms with Crippen LogP contribution in [-0.4, -0.2) is 16.2 Å². The standard InChI is InChI=1S/C14H20N2O2S/c15-13-5-3-1-2-4-6-14(13)19-12-9-7-11(8-10-12)16(17)18/h7-10,13-14H,1-6,15H2. The second kappa shape index (κ2) is 6.91. The van der Waals surface area contributed by atoms with E-state index in [1.165, 1.54) is 25.7 Å². The molecular formula is C14H20N2O2S. The first-order valence-corrected chi connectivity index (χ1v) is 7.71. The van der Waals surface area contributed by atoms with E-state index in [1.54, 1.807) is 23.9 Å². The van der Waals surface area contributed by atoms with E-state index < -0.39 is 0 Å². The van der Waals surface area contributed by atoms with Crippen molar-refractivity contribution in [3.05, 3.63) is 34.4 Å². The minimum absolute atomic E-state index is 0.145. The lowest BCUT2D eigenvalue weighted by molar-refractivity contribution is -0.384. The van der Waals surface area contributed by atoms with Gasteiger partial charge in [-0.3, -0.25) is 10.1 Å². The van der Waals surface area contributed by atoms with Crippen LogP contribution in [0.2, 0.25) is 0 Å². The molecule has 4 nitrogen and oxygen atoms in total. The van der Waals surface area contributed by atoms with Crippen LogP contribution in [0.15, 0.2) is 29.2 Å². The van der Waals surface area contributed by atoms with Crippen molar-refractivity contribution in [2.24, 2.45) is 5.73 Å². The molecule has 19 heavy (non-hydrogen) atoms. The van der Waals surface area contributed by atoms with E-state index in [0.717, 1.165) is 17.7 Å². The Morgan fingerprint density at radius 3 is 2.37 bits per heavy atom. The van der Waals surface area contributed by atoms with E-state index in [9.17, 15) is 10.1 Å². The van der Waals surface area contributed by atoms with Crippen LogP contribution >= 0.6 is 11.8 Å². The Morgan fingerprint density at radius 2 is 1.74 bits per heavy atom. The van der Waals surface area contributed by atoms with Gasteiger partial charge in [0.05, 0.1) is 4.92 Å². The van der Waals surface area contributed by atoms with Gasteiger partial charge in [0.25, 0.3) is 5.69 Å². The zero-order valence-corrected chi connectivity index (χ0v) is 11.8. The normalized spacial score (nSPS) is 24.5. The molecule has 0 aliphatic heterocycles. The zero-order chi connectivity index (χ0) is 13.7. The third-order valence-electron chi connectivity index (χ3n) is 3.59. The number of rotatable bonds is 3. The maximum Gasteiger partial charge on any atom is 0.269 e. The van der Waals surface area contributed by atoms with Gasteiger partial charge < -0.3 is 5.73 Å². The van der Waals surface area contributed by atoms with Crippen molar-refractivity contribution in [3.8, 4) is 0 Å². The summed E-state index contributed by atoms with van der Waals surface area (Å²) in [6, 6.07) is 7.02. The molecule has 2 unspecified atom stereocenters. The molecule has 2 atom stereocenters. The predicted molar refractivity (Wildman–Crippen MR) is 78.4 cm³/mol. The molecule has 1 aliphatic rings. The van der Waals surface area contributed by atoms with Gasteiger partial charge in [0.2, 0.25) is 0 Å². The van der Waals surface area contributed by atoms with Crippen LogP contribution in [-0.2, 0) is 0 Å². The van der Waals surface area contributed by atoms with Gasteiger partial charge in [-0.05, 0) is 25.0 Å². The Kier molecular flexibility index (Phi) is 5.22. The molecule has 1 fully saturated rings. The molecule has 104 valence electrons. The first kappa shape index (κ1) is 14.3. The molecular weight excluding hydrogens is 260 g/mol. The van der Waals surface area contributed by atoms with E-state index in [0.29, 0.717) is 5.25 Å². The molecule has 1 aromatic rings. The van der Waals surface area contributed by atoms with Gasteiger partial charge in [0.1, 0.15) is 0 Å². The second-order valence-corrected chi connectivity index (χ2v) is 6.38. The summed E-state index contributed by atoms with van der Waals surface area (Å²) in [5.74, 6) is 0. The number of hydrogen-bond acceptors (Lipinski definition) is 4. The lowest BCUT2D eigenvalue weighted by Gasteiger charge is -2.25. The van der Waals surface area contributed by atoms with Gasteiger partial charge in [-0.15, -0.1) is 11.8 Å². The van der Waals surface area contributed by atoms with Crippen molar-refractivity contribution >= 4 is 17.4 Å². The second-order valence-electron chi connectivity index (χ2n) is 5.06. The average molecular weight is 280 g/mol. The zero-order valence-electron chi connectivity index (χ0n) is 11.0. The fourth-order valence-corrected chi connectivity index (χ4v) is 3.68. The molecule has 2 N–H and O–H groups in total. The average Bonchev–Trinajstić information content (AvgIpc) is 2.39. The Bertz CT molecular complexity index is 422. The highest BCUT2D eigenvalue weighted by Crippen LogP contribution is 2.32. The topological polar surface area (TPSA) is 69.2 Å². The number of benzene rings is 1. The smallest absolute Gasteiger partial charge is 0.269 e. The summed E-state index contributed by atoms with van der Waals surface area (Å²) in [6.07, 6.45) is 7.27. The van der Waals surface area contributed by atoms with Crippen LogP contribution < -0.4 is 5.73 Å². The Balaban J connectivity index is 1.99. The van der Waals surface area contributed by atoms with Crippen LogP contribution in [0.4, 0.5) is 5.69 Å². The predicted octanol–water partition coefficient (Wildman–Crippen LogP) is 3.74. The number of non-ortho nitro benzene ring substituents is 1. The monoisotopic (exact) mass is 280 g/mol.